The van der Waals surface area contributed by atoms with Crippen molar-refractivity contribution in [3.05, 3.63) is 70.1 Å². The molecule has 1 aliphatic rings. The number of hydrogen-bond acceptors (Lipinski definition) is 4. The van der Waals surface area contributed by atoms with E-state index in [-0.39, 0.29) is 0 Å². The SMILES string of the molecule is Clc1ccc(-c2nc(Sc3ccccc3)c3c4c(sc3n2)CCC4)cc1. The van der Waals surface area contributed by atoms with E-state index in [2.05, 4.69) is 24.3 Å². The lowest BCUT2D eigenvalue weighted by Gasteiger charge is -2.08. The molecule has 2 heterocycles. The zero-order valence-corrected chi connectivity index (χ0v) is 16.3. The molecule has 2 aromatic carbocycles. The van der Waals surface area contributed by atoms with Crippen LogP contribution in [-0.2, 0) is 12.8 Å². The fourth-order valence-electron chi connectivity index (χ4n) is 3.36. The summed E-state index contributed by atoms with van der Waals surface area (Å²) in [4.78, 5) is 13.6. The number of hydrogen-bond donors (Lipinski definition) is 0. The Morgan fingerprint density at radius 3 is 2.54 bits per heavy atom. The van der Waals surface area contributed by atoms with Gasteiger partial charge in [0.05, 0.1) is 0 Å². The van der Waals surface area contributed by atoms with Gasteiger partial charge in [0, 0.05) is 25.7 Å². The lowest BCUT2D eigenvalue weighted by atomic mass is 10.2. The van der Waals surface area contributed by atoms with Gasteiger partial charge in [-0.1, -0.05) is 41.6 Å². The quantitative estimate of drug-likeness (QED) is 0.364. The van der Waals surface area contributed by atoms with E-state index in [1.165, 1.54) is 33.6 Å². The first kappa shape index (κ1) is 16.3. The molecule has 0 unspecified atom stereocenters. The molecule has 0 spiro atoms. The minimum absolute atomic E-state index is 0.726. The summed E-state index contributed by atoms with van der Waals surface area (Å²) >= 11 is 9.60. The van der Waals surface area contributed by atoms with Crippen LogP contribution in [0.15, 0.2) is 64.5 Å². The molecule has 0 saturated heterocycles. The Balaban J connectivity index is 1.70. The minimum Gasteiger partial charge on any atom is -0.221 e. The second-order valence-corrected chi connectivity index (χ2v) is 8.89. The second kappa shape index (κ2) is 6.69. The summed E-state index contributed by atoms with van der Waals surface area (Å²) in [6.07, 6.45) is 3.55. The maximum atomic E-state index is 6.04. The molecular formula is C21H15ClN2S2. The number of thiophene rings is 1. The highest BCUT2D eigenvalue weighted by Gasteiger charge is 2.23. The van der Waals surface area contributed by atoms with Crippen LogP contribution in [0.2, 0.25) is 5.02 Å². The highest BCUT2D eigenvalue weighted by atomic mass is 35.5. The molecule has 5 rings (SSSR count). The normalized spacial score (nSPS) is 13.3. The van der Waals surface area contributed by atoms with Crippen molar-refractivity contribution in [2.24, 2.45) is 0 Å². The van der Waals surface area contributed by atoms with Crippen molar-refractivity contribution >= 4 is 44.9 Å². The molecule has 0 bridgehead atoms. The third-order valence-electron chi connectivity index (χ3n) is 4.59. The minimum atomic E-state index is 0.726. The molecule has 0 atom stereocenters. The van der Waals surface area contributed by atoms with Crippen LogP contribution in [0.4, 0.5) is 0 Å². The van der Waals surface area contributed by atoms with Crippen LogP contribution in [0.3, 0.4) is 0 Å². The van der Waals surface area contributed by atoms with Crippen molar-refractivity contribution in [1.29, 1.82) is 0 Å². The first-order valence-electron chi connectivity index (χ1n) is 8.59. The van der Waals surface area contributed by atoms with E-state index in [0.717, 1.165) is 32.7 Å². The molecule has 4 aromatic rings. The van der Waals surface area contributed by atoms with Crippen molar-refractivity contribution in [1.82, 2.24) is 9.97 Å². The van der Waals surface area contributed by atoms with E-state index in [9.17, 15) is 0 Å². The summed E-state index contributed by atoms with van der Waals surface area (Å²) in [5.41, 5.74) is 2.46. The van der Waals surface area contributed by atoms with Gasteiger partial charge in [-0.05, 0) is 61.2 Å². The number of aryl methyl sites for hydroxylation is 2. The van der Waals surface area contributed by atoms with Crippen molar-refractivity contribution < 1.29 is 0 Å². The summed E-state index contributed by atoms with van der Waals surface area (Å²) in [6, 6.07) is 18.2. The predicted octanol–water partition coefficient (Wildman–Crippen LogP) is 6.65. The number of halogens is 1. The third-order valence-corrected chi connectivity index (χ3v) is 7.03. The smallest absolute Gasteiger partial charge is 0.162 e. The molecule has 128 valence electrons. The Kier molecular flexibility index (Phi) is 4.20. The molecule has 0 saturated carbocycles. The summed E-state index contributed by atoms with van der Waals surface area (Å²) in [5.74, 6) is 0.771. The highest BCUT2D eigenvalue weighted by Crippen LogP contribution is 2.43. The van der Waals surface area contributed by atoms with Gasteiger partial charge in [-0.15, -0.1) is 11.3 Å². The van der Waals surface area contributed by atoms with Gasteiger partial charge in [0.2, 0.25) is 0 Å². The molecule has 5 heteroatoms. The van der Waals surface area contributed by atoms with E-state index in [4.69, 9.17) is 21.6 Å². The molecule has 2 aromatic heterocycles. The van der Waals surface area contributed by atoms with Crippen LogP contribution in [0.25, 0.3) is 21.6 Å². The van der Waals surface area contributed by atoms with Crippen LogP contribution in [0.5, 0.6) is 0 Å². The maximum absolute atomic E-state index is 6.04. The van der Waals surface area contributed by atoms with Crippen LogP contribution in [0.1, 0.15) is 16.9 Å². The first-order chi connectivity index (χ1) is 12.8. The molecule has 2 nitrogen and oxygen atoms in total. The number of aromatic nitrogens is 2. The Labute approximate surface area is 165 Å². The summed E-state index contributed by atoms with van der Waals surface area (Å²) in [7, 11) is 0. The first-order valence-corrected chi connectivity index (χ1v) is 10.6. The number of benzene rings is 2. The van der Waals surface area contributed by atoms with Gasteiger partial charge in [0.25, 0.3) is 0 Å². The zero-order valence-electron chi connectivity index (χ0n) is 13.9. The Bertz CT molecular complexity index is 1090. The van der Waals surface area contributed by atoms with Gasteiger partial charge in [-0.25, -0.2) is 9.97 Å². The van der Waals surface area contributed by atoms with Crippen LogP contribution in [0, 0.1) is 0 Å². The molecular weight excluding hydrogens is 380 g/mol. The molecule has 0 aliphatic heterocycles. The van der Waals surface area contributed by atoms with Gasteiger partial charge in [0.1, 0.15) is 9.86 Å². The van der Waals surface area contributed by atoms with Crippen LogP contribution >= 0.6 is 34.7 Å². The fourth-order valence-corrected chi connectivity index (χ4v) is 5.79. The average molecular weight is 395 g/mol. The number of nitrogens with zero attached hydrogens (tertiary/aromatic N) is 2. The molecule has 1 aliphatic carbocycles. The summed E-state index contributed by atoms with van der Waals surface area (Å²) in [6.45, 7) is 0. The Hall–Kier alpha value is -1.88. The number of rotatable bonds is 3. The largest absolute Gasteiger partial charge is 0.221 e. The van der Waals surface area contributed by atoms with Crippen molar-refractivity contribution in [3.63, 3.8) is 0 Å². The number of fused-ring (bicyclic) bond motifs is 3. The standard InChI is InChI=1S/C21H15ClN2S2/c22-14-11-9-13(10-12-14)19-23-20(25-15-5-2-1-3-6-15)18-16-7-4-8-17(16)26-21(18)24-19/h1-3,5-6,9-12H,4,7-8H2. The zero-order chi connectivity index (χ0) is 17.5. The molecule has 26 heavy (non-hydrogen) atoms. The predicted molar refractivity (Wildman–Crippen MR) is 110 cm³/mol. The van der Waals surface area contributed by atoms with Gasteiger partial charge >= 0.3 is 0 Å². The van der Waals surface area contributed by atoms with Gasteiger partial charge < -0.3 is 0 Å². The van der Waals surface area contributed by atoms with E-state index in [1.54, 1.807) is 11.8 Å². The van der Waals surface area contributed by atoms with Gasteiger partial charge in [-0.3, -0.25) is 0 Å². The summed E-state index contributed by atoms with van der Waals surface area (Å²) in [5, 5.41) is 3.04. The van der Waals surface area contributed by atoms with Gasteiger partial charge in [-0.2, -0.15) is 0 Å². The second-order valence-electron chi connectivity index (χ2n) is 6.31. The summed E-state index contributed by atoms with van der Waals surface area (Å²) < 4.78 is 0. The Morgan fingerprint density at radius 1 is 0.923 bits per heavy atom. The van der Waals surface area contributed by atoms with Gasteiger partial charge in [0.15, 0.2) is 5.82 Å². The van der Waals surface area contributed by atoms with E-state index < -0.39 is 0 Å². The van der Waals surface area contributed by atoms with Crippen LogP contribution in [-0.4, -0.2) is 9.97 Å². The monoisotopic (exact) mass is 394 g/mol. The fraction of sp³-hybridized carbons (Fsp3) is 0.143. The lowest BCUT2D eigenvalue weighted by molar-refractivity contribution is 0.915. The molecule has 0 N–H and O–H groups in total. The highest BCUT2D eigenvalue weighted by molar-refractivity contribution is 7.99. The molecule has 0 radical (unpaired) electrons. The lowest BCUT2D eigenvalue weighted by Crippen LogP contribution is -1.93. The van der Waals surface area contributed by atoms with E-state index in [1.807, 2.05) is 41.7 Å². The van der Waals surface area contributed by atoms with E-state index in [0.29, 0.717) is 0 Å². The Morgan fingerprint density at radius 2 is 1.73 bits per heavy atom. The van der Waals surface area contributed by atoms with Crippen LogP contribution < -0.4 is 0 Å². The third kappa shape index (κ3) is 2.92. The van der Waals surface area contributed by atoms with E-state index >= 15 is 0 Å². The maximum Gasteiger partial charge on any atom is 0.162 e. The van der Waals surface area contributed by atoms with Crippen molar-refractivity contribution in [3.8, 4) is 11.4 Å². The van der Waals surface area contributed by atoms with Crippen molar-refractivity contribution in [2.45, 2.75) is 29.2 Å². The van der Waals surface area contributed by atoms with Crippen molar-refractivity contribution in [2.75, 3.05) is 0 Å². The molecule has 0 fully saturated rings. The average Bonchev–Trinajstić information content (AvgIpc) is 3.24. The molecule has 0 amide bonds. The topological polar surface area (TPSA) is 25.8 Å².